The first-order valence-corrected chi connectivity index (χ1v) is 4.85. The van der Waals surface area contributed by atoms with Gasteiger partial charge in [0.05, 0.1) is 5.54 Å². The first kappa shape index (κ1) is 10.7. The number of aliphatic imine (C=N–C) groups is 1. The molecule has 0 aliphatic heterocycles. The van der Waals surface area contributed by atoms with Gasteiger partial charge >= 0.3 is 0 Å². The Morgan fingerprint density at radius 3 is 2.29 bits per heavy atom. The molecule has 0 aromatic heterocycles. The van der Waals surface area contributed by atoms with Crippen LogP contribution in [-0.4, -0.2) is 11.8 Å². The van der Waals surface area contributed by atoms with Gasteiger partial charge in [-0.25, -0.2) is 0 Å². The minimum absolute atomic E-state index is 0.0149. The number of rotatable bonds is 2. The molecule has 0 heterocycles. The van der Waals surface area contributed by atoms with Crippen LogP contribution in [0.4, 0.5) is 0 Å². The van der Waals surface area contributed by atoms with E-state index in [1.54, 1.807) is 0 Å². The lowest BCUT2D eigenvalue weighted by molar-refractivity contribution is 0.587. The normalized spacial score (nSPS) is 12.8. The molecule has 0 aliphatic rings. The summed E-state index contributed by atoms with van der Waals surface area (Å²) in [4.78, 5) is 4.36. The smallest absolute Gasteiger partial charge is 0.0524 e. The van der Waals surface area contributed by atoms with Gasteiger partial charge in [0.2, 0.25) is 0 Å². The van der Waals surface area contributed by atoms with Crippen molar-refractivity contribution >= 4 is 12.3 Å². The first-order chi connectivity index (χ1) is 6.58. The predicted octanol–water partition coefficient (Wildman–Crippen LogP) is 3.57. The second-order valence-corrected chi connectivity index (χ2v) is 4.22. The summed E-state index contributed by atoms with van der Waals surface area (Å²) >= 11 is 0. The lowest BCUT2D eigenvalue weighted by atomic mass is 10.1. The van der Waals surface area contributed by atoms with Crippen LogP contribution in [0.15, 0.2) is 41.4 Å². The molecule has 1 aromatic carbocycles. The van der Waals surface area contributed by atoms with Crippen LogP contribution in [0.1, 0.15) is 26.3 Å². The highest BCUT2D eigenvalue weighted by Gasteiger charge is 2.02. The molecule has 0 amide bonds. The van der Waals surface area contributed by atoms with Gasteiger partial charge < -0.3 is 0 Å². The quantitative estimate of drug-likeness (QED) is 0.628. The van der Waals surface area contributed by atoms with Gasteiger partial charge in [-0.1, -0.05) is 36.4 Å². The molecule has 1 nitrogen and oxygen atoms in total. The summed E-state index contributed by atoms with van der Waals surface area (Å²) in [6.07, 6.45) is 5.88. The van der Waals surface area contributed by atoms with Gasteiger partial charge in [-0.15, -0.1) is 0 Å². The lowest BCUT2D eigenvalue weighted by Gasteiger charge is -2.09. The van der Waals surface area contributed by atoms with Gasteiger partial charge in [0, 0.05) is 6.21 Å². The van der Waals surface area contributed by atoms with Crippen LogP contribution in [0.2, 0.25) is 0 Å². The van der Waals surface area contributed by atoms with Crippen molar-refractivity contribution in [2.24, 2.45) is 4.99 Å². The van der Waals surface area contributed by atoms with E-state index in [1.165, 1.54) is 5.56 Å². The molecule has 0 bridgehead atoms. The molecule has 0 saturated carbocycles. The third-order valence-electron chi connectivity index (χ3n) is 1.64. The summed E-state index contributed by atoms with van der Waals surface area (Å²) in [6, 6.07) is 10.2. The Morgan fingerprint density at radius 1 is 1.07 bits per heavy atom. The average Bonchev–Trinajstić information content (AvgIpc) is 2.13. The minimum atomic E-state index is 0.0149. The number of hydrogen-bond acceptors (Lipinski definition) is 1. The summed E-state index contributed by atoms with van der Waals surface area (Å²) in [5.41, 5.74) is 1.22. The minimum Gasteiger partial charge on any atom is -0.287 e. The summed E-state index contributed by atoms with van der Waals surface area (Å²) in [5.74, 6) is 0. The fraction of sp³-hybridized carbons (Fsp3) is 0.308. The number of nitrogens with zero attached hydrogens (tertiary/aromatic N) is 1. The summed E-state index contributed by atoms with van der Waals surface area (Å²) in [6.45, 7) is 6.25. The van der Waals surface area contributed by atoms with E-state index in [4.69, 9.17) is 0 Å². The molecule has 0 unspecified atom stereocenters. The van der Waals surface area contributed by atoms with Gasteiger partial charge in [0.15, 0.2) is 0 Å². The number of allylic oxidation sites excluding steroid dienone is 1. The zero-order valence-electron chi connectivity index (χ0n) is 9.07. The molecule has 0 atom stereocenters. The Morgan fingerprint density at radius 2 is 1.71 bits per heavy atom. The fourth-order valence-electron chi connectivity index (χ4n) is 0.985. The third kappa shape index (κ3) is 4.61. The molecular formula is C13H17N. The van der Waals surface area contributed by atoms with Crippen molar-refractivity contribution in [3.05, 3.63) is 42.0 Å². The molecule has 0 spiro atoms. The van der Waals surface area contributed by atoms with Crippen LogP contribution < -0.4 is 0 Å². The van der Waals surface area contributed by atoms with Crippen molar-refractivity contribution in [2.45, 2.75) is 26.3 Å². The molecule has 14 heavy (non-hydrogen) atoms. The van der Waals surface area contributed by atoms with Crippen LogP contribution in [0.3, 0.4) is 0 Å². The molecule has 0 aliphatic carbocycles. The van der Waals surface area contributed by atoms with Crippen LogP contribution >= 0.6 is 0 Å². The maximum absolute atomic E-state index is 4.36. The van der Waals surface area contributed by atoms with Gasteiger partial charge in [-0.3, -0.25) is 4.99 Å². The maximum atomic E-state index is 4.36. The van der Waals surface area contributed by atoms with E-state index in [9.17, 15) is 0 Å². The second-order valence-electron chi connectivity index (χ2n) is 4.22. The van der Waals surface area contributed by atoms with Crippen LogP contribution in [0.25, 0.3) is 6.08 Å². The molecular weight excluding hydrogens is 170 g/mol. The highest BCUT2D eigenvalue weighted by Crippen LogP contribution is 2.05. The lowest BCUT2D eigenvalue weighted by Crippen LogP contribution is -2.08. The van der Waals surface area contributed by atoms with Crippen molar-refractivity contribution < 1.29 is 0 Å². The summed E-state index contributed by atoms with van der Waals surface area (Å²) in [7, 11) is 0. The number of benzene rings is 1. The molecule has 0 N–H and O–H groups in total. The largest absolute Gasteiger partial charge is 0.287 e. The third-order valence-corrected chi connectivity index (χ3v) is 1.64. The first-order valence-electron chi connectivity index (χ1n) is 4.85. The van der Waals surface area contributed by atoms with Gasteiger partial charge in [0.1, 0.15) is 0 Å². The van der Waals surface area contributed by atoms with E-state index in [1.807, 2.05) is 30.5 Å². The second kappa shape index (κ2) is 4.75. The molecule has 0 radical (unpaired) electrons. The van der Waals surface area contributed by atoms with E-state index in [0.717, 1.165) is 0 Å². The van der Waals surface area contributed by atoms with Crippen LogP contribution in [-0.2, 0) is 0 Å². The van der Waals surface area contributed by atoms with Gasteiger partial charge in [-0.2, -0.15) is 0 Å². The zero-order valence-corrected chi connectivity index (χ0v) is 9.07. The standard InChI is InChI=1S/C13H17N/c1-13(2,3)14-11-7-10-12-8-5-4-6-9-12/h4-11H,1-3H3/b10-7+,14-11?. The topological polar surface area (TPSA) is 12.4 Å². The molecule has 0 fully saturated rings. The van der Waals surface area contributed by atoms with Crippen LogP contribution in [0, 0.1) is 0 Å². The molecule has 1 heteroatoms. The van der Waals surface area contributed by atoms with Gasteiger partial charge in [0.25, 0.3) is 0 Å². The predicted molar refractivity (Wildman–Crippen MR) is 63.7 cm³/mol. The van der Waals surface area contributed by atoms with Crippen molar-refractivity contribution in [1.29, 1.82) is 0 Å². The highest BCUT2D eigenvalue weighted by atomic mass is 14.8. The zero-order chi connectivity index (χ0) is 10.4. The summed E-state index contributed by atoms with van der Waals surface area (Å²) in [5, 5.41) is 0. The van der Waals surface area contributed by atoms with Crippen molar-refractivity contribution in [2.75, 3.05) is 0 Å². The Kier molecular flexibility index (Phi) is 3.63. The van der Waals surface area contributed by atoms with Crippen molar-refractivity contribution in [3.63, 3.8) is 0 Å². The Bertz CT molecular complexity index is 315. The molecule has 1 aromatic rings. The van der Waals surface area contributed by atoms with E-state index >= 15 is 0 Å². The Balaban J connectivity index is 2.54. The monoisotopic (exact) mass is 187 g/mol. The fourth-order valence-corrected chi connectivity index (χ4v) is 0.985. The maximum Gasteiger partial charge on any atom is 0.0524 e. The molecule has 0 saturated heterocycles. The molecule has 1 rings (SSSR count). The highest BCUT2D eigenvalue weighted by molar-refractivity contribution is 5.78. The summed E-state index contributed by atoms with van der Waals surface area (Å²) < 4.78 is 0. The van der Waals surface area contributed by atoms with E-state index in [2.05, 4.69) is 44.0 Å². The van der Waals surface area contributed by atoms with E-state index in [-0.39, 0.29) is 5.54 Å². The van der Waals surface area contributed by atoms with E-state index < -0.39 is 0 Å². The number of hydrogen-bond donors (Lipinski definition) is 0. The Hall–Kier alpha value is -1.37. The molecule has 74 valence electrons. The average molecular weight is 187 g/mol. The van der Waals surface area contributed by atoms with Gasteiger partial charge in [-0.05, 0) is 32.4 Å². The van der Waals surface area contributed by atoms with E-state index in [0.29, 0.717) is 0 Å². The Labute approximate surface area is 86.2 Å². The van der Waals surface area contributed by atoms with Crippen molar-refractivity contribution in [1.82, 2.24) is 0 Å². The van der Waals surface area contributed by atoms with Crippen molar-refractivity contribution in [3.8, 4) is 0 Å². The SMILES string of the molecule is CC(C)(C)N=C/C=C/c1ccccc1. The van der Waals surface area contributed by atoms with Crippen LogP contribution in [0.5, 0.6) is 0 Å².